The lowest BCUT2D eigenvalue weighted by atomic mass is 9.90. The largest absolute Gasteiger partial charge is 0.256 e. The number of hydrogen-bond donors (Lipinski definition) is 0. The van der Waals surface area contributed by atoms with Crippen molar-refractivity contribution in [1.82, 2.24) is 15.0 Å². The van der Waals surface area contributed by atoms with Crippen LogP contribution in [0.3, 0.4) is 0 Å². The van der Waals surface area contributed by atoms with Crippen molar-refractivity contribution in [2.24, 2.45) is 0 Å². The van der Waals surface area contributed by atoms with E-state index in [1.165, 1.54) is 38.9 Å². The SMILES string of the molecule is [C-]#[N+]c1cccc(-c2ccc(CCc3cc(CCc4ccc(-c5cccc(C#N)c5)nc4)cc(-c4ccccc4-c4ccc(-c5cc(-c6ccc(-c7ccccc7)cc6)ccn5)cc4)c3)cn2)c1. The van der Waals surface area contributed by atoms with Crippen LogP contribution >= 0.6 is 0 Å². The van der Waals surface area contributed by atoms with Crippen LogP contribution in [0.4, 0.5) is 5.69 Å². The lowest BCUT2D eigenvalue weighted by molar-refractivity contribution is 0.923. The summed E-state index contributed by atoms with van der Waals surface area (Å²) in [6.07, 6.45) is 9.21. The zero-order valence-corrected chi connectivity index (χ0v) is 37.4. The van der Waals surface area contributed by atoms with Gasteiger partial charge < -0.3 is 0 Å². The summed E-state index contributed by atoms with van der Waals surface area (Å²) in [4.78, 5) is 18.0. The molecule has 10 aromatic rings. The molecular weight excluding hydrogens is 827 g/mol. The highest BCUT2D eigenvalue weighted by Gasteiger charge is 2.13. The van der Waals surface area contributed by atoms with E-state index in [9.17, 15) is 5.26 Å². The van der Waals surface area contributed by atoms with Crippen LogP contribution in [0.25, 0.3) is 83.1 Å². The highest BCUT2D eigenvalue weighted by molar-refractivity contribution is 5.85. The Hall–Kier alpha value is -9.03. The standard InChI is InChI=1S/C63H45N5/c1-65-58-14-8-13-56(39-58)62-32-22-45(43-68-62)18-20-47-35-46(19-17-44-21-31-61(67-42-44)55-12-7-9-48(38-55)41-64)36-57(37-47)60-16-6-5-15-59(60)52-27-29-53(30-28-52)63-40-54(33-34-66-63)51-25-23-50(24-26-51)49-10-3-2-4-11-49/h2-16,21-40,42-43H,17-20H2. The molecule has 68 heavy (non-hydrogen) atoms. The predicted octanol–water partition coefficient (Wildman–Crippen LogP) is 15.5. The second kappa shape index (κ2) is 20.0. The Balaban J connectivity index is 0.911. The first-order chi connectivity index (χ1) is 33.5. The first kappa shape index (κ1) is 42.9. The lowest BCUT2D eigenvalue weighted by Gasteiger charge is -2.15. The molecule has 0 N–H and O–H groups in total. The van der Waals surface area contributed by atoms with Gasteiger partial charge >= 0.3 is 0 Å². The Morgan fingerprint density at radius 3 is 1.51 bits per heavy atom. The van der Waals surface area contributed by atoms with Crippen molar-refractivity contribution in [3.8, 4) is 84.3 Å². The van der Waals surface area contributed by atoms with Gasteiger partial charge in [-0.25, -0.2) is 4.85 Å². The zero-order chi connectivity index (χ0) is 46.1. The van der Waals surface area contributed by atoms with Gasteiger partial charge in [-0.1, -0.05) is 164 Å². The molecule has 0 saturated heterocycles. The van der Waals surface area contributed by atoms with Crippen molar-refractivity contribution in [2.45, 2.75) is 25.7 Å². The molecule has 3 heterocycles. The lowest BCUT2D eigenvalue weighted by Crippen LogP contribution is -1.98. The van der Waals surface area contributed by atoms with Crippen LogP contribution in [-0.4, -0.2) is 15.0 Å². The van der Waals surface area contributed by atoms with Crippen LogP contribution in [0.1, 0.15) is 27.8 Å². The van der Waals surface area contributed by atoms with Crippen LogP contribution in [0.5, 0.6) is 0 Å². The molecule has 322 valence electrons. The number of rotatable bonds is 13. The van der Waals surface area contributed by atoms with Crippen molar-refractivity contribution >= 4 is 5.69 Å². The van der Waals surface area contributed by atoms with E-state index in [4.69, 9.17) is 21.5 Å². The quantitative estimate of drug-likeness (QED) is 0.108. The molecule has 7 aromatic carbocycles. The molecule has 0 aliphatic rings. The molecule has 0 aliphatic carbocycles. The summed E-state index contributed by atoms with van der Waals surface area (Å²) in [5, 5.41) is 9.41. The normalized spacial score (nSPS) is 10.9. The summed E-state index contributed by atoms with van der Waals surface area (Å²) in [5.74, 6) is 0. The van der Waals surface area contributed by atoms with Crippen molar-refractivity contribution < 1.29 is 0 Å². The van der Waals surface area contributed by atoms with Gasteiger partial charge in [0.05, 0.1) is 35.3 Å². The van der Waals surface area contributed by atoms with Gasteiger partial charge in [-0.3, -0.25) is 15.0 Å². The summed E-state index contributed by atoms with van der Waals surface area (Å²) >= 11 is 0. The number of hydrogen-bond acceptors (Lipinski definition) is 4. The molecule has 0 spiro atoms. The van der Waals surface area contributed by atoms with Crippen molar-refractivity contribution in [3.63, 3.8) is 0 Å². The van der Waals surface area contributed by atoms with Crippen LogP contribution in [0, 0.1) is 17.9 Å². The number of pyridine rings is 3. The van der Waals surface area contributed by atoms with Gasteiger partial charge in [-0.2, -0.15) is 5.26 Å². The average molecular weight is 872 g/mol. The van der Waals surface area contributed by atoms with Gasteiger partial charge in [-0.05, 0) is 140 Å². The average Bonchev–Trinajstić information content (AvgIpc) is 3.42. The number of nitriles is 1. The Bertz CT molecular complexity index is 3310. The third-order valence-electron chi connectivity index (χ3n) is 12.5. The molecule has 0 atom stereocenters. The van der Waals surface area contributed by atoms with Gasteiger partial charge in [0.25, 0.3) is 0 Å². The summed E-state index contributed by atoms with van der Waals surface area (Å²) < 4.78 is 0. The second-order valence-corrected chi connectivity index (χ2v) is 17.0. The molecule has 5 heteroatoms. The molecule has 0 amide bonds. The second-order valence-electron chi connectivity index (χ2n) is 17.0. The van der Waals surface area contributed by atoms with Crippen LogP contribution in [0.15, 0.2) is 225 Å². The van der Waals surface area contributed by atoms with Gasteiger partial charge in [0.1, 0.15) is 0 Å². The molecular formula is C63H45N5. The van der Waals surface area contributed by atoms with E-state index in [1.54, 1.807) is 0 Å². The molecule has 0 fully saturated rings. The highest BCUT2D eigenvalue weighted by Crippen LogP contribution is 2.36. The minimum Gasteiger partial charge on any atom is -0.256 e. The predicted molar refractivity (Wildman–Crippen MR) is 277 cm³/mol. The fourth-order valence-corrected chi connectivity index (χ4v) is 8.81. The molecule has 0 aliphatic heterocycles. The van der Waals surface area contributed by atoms with Gasteiger partial charge in [0, 0.05) is 29.7 Å². The monoisotopic (exact) mass is 871 g/mol. The maximum Gasteiger partial charge on any atom is 0.187 e. The molecule has 5 nitrogen and oxygen atoms in total. The summed E-state index contributed by atoms with van der Waals surface area (Å²) in [5.41, 5.74) is 21.1. The number of aromatic nitrogens is 3. The first-order valence-corrected chi connectivity index (χ1v) is 22.9. The maximum atomic E-state index is 9.41. The van der Waals surface area contributed by atoms with Gasteiger partial charge in [0.15, 0.2) is 5.69 Å². The minimum atomic E-state index is 0.610. The maximum absolute atomic E-state index is 9.41. The van der Waals surface area contributed by atoms with E-state index in [2.05, 4.69) is 157 Å². The summed E-state index contributed by atoms with van der Waals surface area (Å²) in [6.45, 7) is 7.41. The molecule has 3 aromatic heterocycles. The van der Waals surface area contributed by atoms with E-state index in [-0.39, 0.29) is 0 Å². The van der Waals surface area contributed by atoms with Crippen LogP contribution in [0.2, 0.25) is 0 Å². The zero-order valence-electron chi connectivity index (χ0n) is 37.4. The number of nitrogens with zero attached hydrogens (tertiary/aromatic N) is 5. The fourth-order valence-electron chi connectivity index (χ4n) is 8.81. The summed E-state index contributed by atoms with van der Waals surface area (Å²) in [7, 11) is 0. The highest BCUT2D eigenvalue weighted by atomic mass is 14.7. The third kappa shape index (κ3) is 9.94. The van der Waals surface area contributed by atoms with Gasteiger partial charge in [-0.15, -0.1) is 0 Å². The third-order valence-corrected chi connectivity index (χ3v) is 12.5. The van der Waals surface area contributed by atoms with Gasteiger partial charge in [0.2, 0.25) is 0 Å². The Kier molecular flexibility index (Phi) is 12.6. The van der Waals surface area contributed by atoms with E-state index < -0.39 is 0 Å². The summed E-state index contributed by atoms with van der Waals surface area (Å²) in [6, 6.07) is 73.8. The first-order valence-electron chi connectivity index (χ1n) is 22.9. The van der Waals surface area contributed by atoms with E-state index >= 15 is 0 Å². The minimum absolute atomic E-state index is 0.610. The Labute approximate surface area is 398 Å². The van der Waals surface area contributed by atoms with Crippen molar-refractivity contribution in [2.75, 3.05) is 0 Å². The number of aryl methyl sites for hydroxylation is 4. The molecule has 0 unspecified atom stereocenters. The van der Waals surface area contributed by atoms with E-state index in [0.717, 1.165) is 87.3 Å². The molecule has 0 saturated carbocycles. The molecule has 10 rings (SSSR count). The Morgan fingerprint density at radius 1 is 0.368 bits per heavy atom. The topological polar surface area (TPSA) is 66.8 Å². The van der Waals surface area contributed by atoms with Crippen LogP contribution < -0.4 is 0 Å². The Morgan fingerprint density at radius 2 is 0.897 bits per heavy atom. The van der Waals surface area contributed by atoms with E-state index in [0.29, 0.717) is 11.3 Å². The van der Waals surface area contributed by atoms with E-state index in [1.807, 2.05) is 79.3 Å². The fraction of sp³-hybridized carbons (Fsp3) is 0.0635. The smallest absolute Gasteiger partial charge is 0.187 e. The van der Waals surface area contributed by atoms with Crippen LogP contribution in [-0.2, 0) is 25.7 Å². The number of benzene rings is 7. The van der Waals surface area contributed by atoms with Crippen molar-refractivity contribution in [1.29, 1.82) is 5.26 Å². The van der Waals surface area contributed by atoms with Crippen molar-refractivity contribution in [3.05, 3.63) is 264 Å². The molecule has 0 radical (unpaired) electrons. The molecule has 0 bridgehead atoms.